The molecule has 0 bridgehead atoms. The molecule has 0 aliphatic rings. The van der Waals surface area contributed by atoms with Crippen LogP contribution in [0.5, 0.6) is 0 Å². The number of hydrogen-bond acceptors (Lipinski definition) is 2. The van der Waals surface area contributed by atoms with E-state index in [2.05, 4.69) is 23.7 Å². The molecule has 0 saturated carbocycles. The van der Waals surface area contributed by atoms with Crippen LogP contribution in [0.4, 0.5) is 5.69 Å². The Morgan fingerprint density at radius 3 is 3.08 bits per heavy atom. The van der Waals surface area contributed by atoms with Gasteiger partial charge in [0.2, 0.25) is 0 Å². The molecule has 1 rings (SSSR count). The highest BCUT2D eigenvalue weighted by Gasteiger charge is 1.90. The smallest absolute Gasteiger partial charge is 0.0658 e. The summed E-state index contributed by atoms with van der Waals surface area (Å²) in [5.41, 5.74) is 7.19. The van der Waals surface area contributed by atoms with Gasteiger partial charge in [-0.1, -0.05) is 18.8 Å². The molecule has 0 radical (unpaired) electrons. The molecule has 1 heterocycles. The zero-order valence-corrected chi connectivity index (χ0v) is 7.17. The van der Waals surface area contributed by atoms with Crippen LogP contribution in [0.2, 0.25) is 0 Å². The van der Waals surface area contributed by atoms with Crippen LogP contribution in [0.1, 0.15) is 25.3 Å². The first-order valence-corrected chi connectivity index (χ1v) is 4.03. The fraction of sp³-hybridized carbons (Fsp3) is 0.300. The number of unbranched alkanes of at least 4 members (excludes halogenated alkanes) is 1. The van der Waals surface area contributed by atoms with E-state index in [1.54, 1.807) is 18.5 Å². The van der Waals surface area contributed by atoms with Crippen molar-refractivity contribution >= 4 is 5.69 Å². The van der Waals surface area contributed by atoms with E-state index in [1.807, 2.05) is 0 Å². The van der Waals surface area contributed by atoms with Gasteiger partial charge in [-0.15, -0.1) is 0 Å². The Hall–Kier alpha value is -1.49. The Bertz CT molecular complexity index is 307. The number of nitrogen functional groups attached to an aromatic ring is 1. The minimum atomic E-state index is 0.702. The van der Waals surface area contributed by atoms with Gasteiger partial charge in [0.1, 0.15) is 0 Å². The fourth-order valence-electron chi connectivity index (χ4n) is 0.792. The molecule has 0 aliphatic carbocycles. The molecule has 0 aliphatic heterocycles. The second-order valence-electron chi connectivity index (χ2n) is 2.51. The number of aromatic nitrogens is 1. The first kappa shape index (κ1) is 8.61. The van der Waals surface area contributed by atoms with Crippen LogP contribution in [0.15, 0.2) is 18.5 Å². The van der Waals surface area contributed by atoms with E-state index in [0.717, 1.165) is 18.4 Å². The molecule has 0 spiro atoms. The van der Waals surface area contributed by atoms with E-state index in [4.69, 9.17) is 5.73 Å². The summed E-state index contributed by atoms with van der Waals surface area (Å²) >= 11 is 0. The van der Waals surface area contributed by atoms with E-state index in [9.17, 15) is 0 Å². The lowest BCUT2D eigenvalue weighted by Gasteiger charge is -1.93. The van der Waals surface area contributed by atoms with Crippen molar-refractivity contribution in [1.82, 2.24) is 4.98 Å². The van der Waals surface area contributed by atoms with Gasteiger partial charge >= 0.3 is 0 Å². The van der Waals surface area contributed by atoms with Gasteiger partial charge in [-0.25, -0.2) is 0 Å². The average Bonchev–Trinajstić information content (AvgIpc) is 2.09. The van der Waals surface area contributed by atoms with Crippen molar-refractivity contribution in [3.63, 3.8) is 0 Å². The van der Waals surface area contributed by atoms with Crippen molar-refractivity contribution in [2.24, 2.45) is 0 Å². The number of nitrogens with two attached hydrogens (primary N) is 1. The van der Waals surface area contributed by atoms with Gasteiger partial charge in [0, 0.05) is 18.8 Å². The predicted octanol–water partition coefficient (Wildman–Crippen LogP) is 1.82. The van der Waals surface area contributed by atoms with Crippen LogP contribution in [0.3, 0.4) is 0 Å². The number of nitrogens with zero attached hydrogens (tertiary/aromatic N) is 1. The maximum atomic E-state index is 5.66. The molecule has 1 aromatic heterocycles. The summed E-state index contributed by atoms with van der Waals surface area (Å²) in [6.45, 7) is 2.10. The molecule has 0 amide bonds. The third-order valence-electron chi connectivity index (χ3n) is 1.45. The molecular weight excluding hydrogens is 148 g/mol. The summed E-state index contributed by atoms with van der Waals surface area (Å²) in [6.07, 6.45) is 5.35. The van der Waals surface area contributed by atoms with E-state index in [-0.39, 0.29) is 0 Å². The Kier molecular flexibility index (Phi) is 3.16. The van der Waals surface area contributed by atoms with Gasteiger partial charge in [0.25, 0.3) is 0 Å². The van der Waals surface area contributed by atoms with Crippen LogP contribution in [0.25, 0.3) is 0 Å². The highest BCUT2D eigenvalue weighted by atomic mass is 14.7. The summed E-state index contributed by atoms with van der Waals surface area (Å²) in [5.74, 6) is 6.00. The quantitative estimate of drug-likeness (QED) is 0.636. The molecule has 2 nitrogen and oxygen atoms in total. The van der Waals surface area contributed by atoms with Crippen LogP contribution in [0, 0.1) is 11.8 Å². The van der Waals surface area contributed by atoms with Crippen LogP contribution >= 0.6 is 0 Å². The van der Waals surface area contributed by atoms with Crippen molar-refractivity contribution < 1.29 is 0 Å². The van der Waals surface area contributed by atoms with Gasteiger partial charge in [0.15, 0.2) is 0 Å². The highest BCUT2D eigenvalue weighted by molar-refractivity contribution is 5.53. The van der Waals surface area contributed by atoms with Crippen LogP contribution < -0.4 is 5.73 Å². The van der Waals surface area contributed by atoms with Crippen molar-refractivity contribution in [1.29, 1.82) is 0 Å². The molecule has 2 N–H and O–H groups in total. The minimum Gasteiger partial charge on any atom is -0.398 e. The van der Waals surface area contributed by atoms with E-state index >= 15 is 0 Å². The maximum absolute atomic E-state index is 5.66. The minimum absolute atomic E-state index is 0.702. The second kappa shape index (κ2) is 4.40. The maximum Gasteiger partial charge on any atom is 0.0658 e. The first-order valence-electron chi connectivity index (χ1n) is 4.03. The summed E-state index contributed by atoms with van der Waals surface area (Å²) in [7, 11) is 0. The van der Waals surface area contributed by atoms with Gasteiger partial charge in [-0.3, -0.25) is 4.98 Å². The normalized spacial score (nSPS) is 8.75. The van der Waals surface area contributed by atoms with Gasteiger partial charge < -0.3 is 5.73 Å². The molecule has 0 fully saturated rings. The predicted molar refractivity (Wildman–Crippen MR) is 50.4 cm³/mol. The molecular formula is C10H12N2. The van der Waals surface area contributed by atoms with E-state index in [0.29, 0.717) is 5.69 Å². The van der Waals surface area contributed by atoms with Crippen LogP contribution in [-0.2, 0) is 0 Å². The second-order valence-corrected chi connectivity index (χ2v) is 2.51. The Morgan fingerprint density at radius 2 is 2.42 bits per heavy atom. The van der Waals surface area contributed by atoms with Gasteiger partial charge in [-0.05, 0) is 12.5 Å². The molecule has 62 valence electrons. The summed E-state index contributed by atoms with van der Waals surface area (Å²) in [6, 6.07) is 1.76. The molecule has 12 heavy (non-hydrogen) atoms. The average molecular weight is 160 g/mol. The molecule has 1 aromatic rings. The Balaban J connectivity index is 2.77. The Morgan fingerprint density at radius 1 is 1.58 bits per heavy atom. The largest absolute Gasteiger partial charge is 0.398 e. The van der Waals surface area contributed by atoms with E-state index < -0.39 is 0 Å². The topological polar surface area (TPSA) is 38.9 Å². The SMILES string of the molecule is CCCC#Cc1cnccc1N. The lowest BCUT2D eigenvalue weighted by atomic mass is 10.2. The number of rotatable bonds is 1. The van der Waals surface area contributed by atoms with Crippen molar-refractivity contribution in [3.8, 4) is 11.8 Å². The molecule has 2 heteroatoms. The lowest BCUT2D eigenvalue weighted by Crippen LogP contribution is -1.89. The molecule has 0 saturated heterocycles. The molecule has 0 aromatic carbocycles. The molecule has 0 unspecified atom stereocenters. The zero-order chi connectivity index (χ0) is 8.81. The highest BCUT2D eigenvalue weighted by Crippen LogP contribution is 2.05. The summed E-state index contributed by atoms with van der Waals surface area (Å²) < 4.78 is 0. The number of hydrogen-bond donors (Lipinski definition) is 1. The standard InChI is InChI=1S/C10H12N2/c1-2-3-4-5-9-8-12-7-6-10(9)11/h6-8H,2-3H2,1H3,(H2,11,12). The van der Waals surface area contributed by atoms with Crippen molar-refractivity contribution in [2.75, 3.05) is 5.73 Å². The summed E-state index contributed by atoms with van der Waals surface area (Å²) in [4.78, 5) is 3.94. The van der Waals surface area contributed by atoms with Crippen molar-refractivity contribution in [2.45, 2.75) is 19.8 Å². The van der Waals surface area contributed by atoms with Crippen molar-refractivity contribution in [3.05, 3.63) is 24.0 Å². The Labute approximate surface area is 72.8 Å². The fourth-order valence-corrected chi connectivity index (χ4v) is 0.792. The number of anilines is 1. The summed E-state index contributed by atoms with van der Waals surface area (Å²) in [5, 5.41) is 0. The third kappa shape index (κ3) is 2.28. The van der Waals surface area contributed by atoms with E-state index in [1.165, 1.54) is 0 Å². The van der Waals surface area contributed by atoms with Gasteiger partial charge in [-0.2, -0.15) is 0 Å². The van der Waals surface area contributed by atoms with Gasteiger partial charge in [0.05, 0.1) is 11.3 Å². The first-order chi connectivity index (χ1) is 5.84. The third-order valence-corrected chi connectivity index (χ3v) is 1.45. The molecule has 0 atom stereocenters. The number of pyridine rings is 1. The zero-order valence-electron chi connectivity index (χ0n) is 7.17. The van der Waals surface area contributed by atoms with Crippen LogP contribution in [-0.4, -0.2) is 4.98 Å². The monoisotopic (exact) mass is 160 g/mol. The lowest BCUT2D eigenvalue weighted by molar-refractivity contribution is 0.983.